The molecule has 0 aliphatic carbocycles. The fourth-order valence-electron chi connectivity index (χ4n) is 3.34. The SMILES string of the molecule is Cc1cc(C)cc(NC(=O)NC(c2ccc(Cl)cc2)c2nnc(-c3ccccc3)o2)c1. The Labute approximate surface area is 185 Å². The number of carbonyl (C=O) groups is 1. The molecule has 4 rings (SSSR count). The minimum atomic E-state index is -0.645. The Bertz CT molecular complexity index is 1170. The van der Waals surface area contributed by atoms with Crippen molar-refractivity contribution in [3.63, 3.8) is 0 Å². The fourth-order valence-corrected chi connectivity index (χ4v) is 3.46. The van der Waals surface area contributed by atoms with E-state index in [-0.39, 0.29) is 11.9 Å². The number of carbonyl (C=O) groups excluding carboxylic acids is 1. The van der Waals surface area contributed by atoms with E-state index in [1.54, 1.807) is 12.1 Å². The van der Waals surface area contributed by atoms with Gasteiger partial charge in [-0.1, -0.05) is 48.0 Å². The number of hydrogen-bond donors (Lipinski definition) is 2. The Hall–Kier alpha value is -3.64. The highest BCUT2D eigenvalue weighted by Gasteiger charge is 2.23. The molecule has 2 amide bonds. The van der Waals surface area contributed by atoms with E-state index in [1.165, 1.54) is 0 Å². The van der Waals surface area contributed by atoms with Crippen LogP contribution in [0.5, 0.6) is 0 Å². The van der Waals surface area contributed by atoms with Gasteiger partial charge in [0, 0.05) is 16.3 Å². The normalized spacial score (nSPS) is 11.7. The highest BCUT2D eigenvalue weighted by Crippen LogP contribution is 2.26. The molecule has 1 heterocycles. The first-order chi connectivity index (χ1) is 15.0. The summed E-state index contributed by atoms with van der Waals surface area (Å²) in [5.41, 5.74) is 4.40. The molecule has 0 saturated carbocycles. The third-order valence-corrected chi connectivity index (χ3v) is 4.92. The smallest absolute Gasteiger partial charge is 0.320 e. The zero-order valence-corrected chi connectivity index (χ0v) is 17.9. The van der Waals surface area contributed by atoms with Crippen LogP contribution in [-0.2, 0) is 0 Å². The predicted octanol–water partition coefficient (Wildman–Crippen LogP) is 5.92. The first-order valence-corrected chi connectivity index (χ1v) is 10.2. The van der Waals surface area contributed by atoms with Gasteiger partial charge in [0.2, 0.25) is 11.8 Å². The zero-order valence-electron chi connectivity index (χ0n) is 17.1. The molecule has 0 aliphatic heterocycles. The summed E-state index contributed by atoms with van der Waals surface area (Å²) in [6.45, 7) is 3.96. The summed E-state index contributed by atoms with van der Waals surface area (Å²) in [6.07, 6.45) is 0. The average molecular weight is 433 g/mol. The van der Waals surface area contributed by atoms with Gasteiger partial charge in [-0.25, -0.2) is 4.79 Å². The molecule has 0 spiro atoms. The van der Waals surface area contributed by atoms with Crippen molar-refractivity contribution in [2.45, 2.75) is 19.9 Å². The molecule has 1 atom stereocenters. The van der Waals surface area contributed by atoms with E-state index >= 15 is 0 Å². The quantitative estimate of drug-likeness (QED) is 0.410. The molecule has 2 N–H and O–H groups in total. The number of aryl methyl sites for hydroxylation is 2. The summed E-state index contributed by atoms with van der Waals surface area (Å²) in [6, 6.07) is 21.4. The van der Waals surface area contributed by atoms with Crippen LogP contribution in [0.2, 0.25) is 5.02 Å². The summed E-state index contributed by atoms with van der Waals surface area (Å²) in [7, 11) is 0. The van der Waals surface area contributed by atoms with E-state index in [0.717, 1.165) is 22.3 Å². The number of aromatic nitrogens is 2. The van der Waals surface area contributed by atoms with Crippen molar-refractivity contribution in [2.24, 2.45) is 0 Å². The lowest BCUT2D eigenvalue weighted by Gasteiger charge is -2.17. The maximum absolute atomic E-state index is 12.8. The number of halogens is 1. The Morgan fingerprint density at radius 2 is 1.61 bits per heavy atom. The lowest BCUT2D eigenvalue weighted by atomic mass is 10.1. The van der Waals surface area contributed by atoms with Crippen LogP contribution in [0.4, 0.5) is 10.5 Å². The topological polar surface area (TPSA) is 80.0 Å². The van der Waals surface area contributed by atoms with Crippen LogP contribution in [0, 0.1) is 13.8 Å². The van der Waals surface area contributed by atoms with Crippen molar-refractivity contribution < 1.29 is 9.21 Å². The summed E-state index contributed by atoms with van der Waals surface area (Å²) < 4.78 is 5.91. The van der Waals surface area contributed by atoms with Gasteiger partial charge in [-0.2, -0.15) is 0 Å². The van der Waals surface area contributed by atoms with E-state index in [4.69, 9.17) is 16.0 Å². The molecule has 31 heavy (non-hydrogen) atoms. The van der Waals surface area contributed by atoms with Crippen LogP contribution in [0.25, 0.3) is 11.5 Å². The number of nitrogens with one attached hydrogen (secondary N) is 2. The molecular weight excluding hydrogens is 412 g/mol. The van der Waals surface area contributed by atoms with Gasteiger partial charge in [-0.15, -0.1) is 10.2 Å². The number of nitrogens with zero attached hydrogens (tertiary/aromatic N) is 2. The van der Waals surface area contributed by atoms with Gasteiger partial charge in [0.1, 0.15) is 6.04 Å². The zero-order chi connectivity index (χ0) is 21.8. The molecule has 0 saturated heterocycles. The molecule has 156 valence electrons. The summed E-state index contributed by atoms with van der Waals surface area (Å²) in [5, 5.41) is 14.7. The third-order valence-electron chi connectivity index (χ3n) is 4.67. The monoisotopic (exact) mass is 432 g/mol. The van der Waals surface area contributed by atoms with Crippen molar-refractivity contribution in [3.8, 4) is 11.5 Å². The van der Waals surface area contributed by atoms with E-state index < -0.39 is 6.04 Å². The van der Waals surface area contributed by atoms with E-state index in [2.05, 4.69) is 20.8 Å². The lowest BCUT2D eigenvalue weighted by Crippen LogP contribution is -2.33. The lowest BCUT2D eigenvalue weighted by molar-refractivity contribution is 0.248. The molecule has 7 heteroatoms. The standard InChI is InChI=1S/C24H21ClN4O2/c1-15-12-16(2)14-20(13-15)26-24(30)27-21(17-8-10-19(25)11-9-17)23-29-28-22(31-23)18-6-4-3-5-7-18/h3-14,21H,1-2H3,(H2,26,27,30). The predicted molar refractivity (Wildman–Crippen MR) is 121 cm³/mol. The fraction of sp³-hybridized carbons (Fsp3) is 0.125. The molecular formula is C24H21ClN4O2. The van der Waals surface area contributed by atoms with Gasteiger partial charge in [-0.05, 0) is 66.9 Å². The Balaban J connectivity index is 1.61. The summed E-state index contributed by atoms with van der Waals surface area (Å²) >= 11 is 6.04. The van der Waals surface area contributed by atoms with E-state index in [9.17, 15) is 4.79 Å². The van der Waals surface area contributed by atoms with Crippen LogP contribution >= 0.6 is 11.6 Å². The molecule has 3 aromatic carbocycles. The van der Waals surface area contributed by atoms with Crippen molar-refractivity contribution in [1.29, 1.82) is 0 Å². The second-order valence-corrected chi connectivity index (χ2v) is 7.71. The largest absolute Gasteiger partial charge is 0.418 e. The van der Waals surface area contributed by atoms with Gasteiger partial charge in [0.25, 0.3) is 0 Å². The van der Waals surface area contributed by atoms with Gasteiger partial charge < -0.3 is 15.1 Å². The van der Waals surface area contributed by atoms with Crippen LogP contribution in [0.15, 0.2) is 77.2 Å². The average Bonchev–Trinajstić information content (AvgIpc) is 3.23. The molecule has 0 aliphatic rings. The van der Waals surface area contributed by atoms with Gasteiger partial charge in [0.05, 0.1) is 0 Å². The maximum atomic E-state index is 12.8. The van der Waals surface area contributed by atoms with Crippen molar-refractivity contribution >= 4 is 23.3 Å². The number of anilines is 1. The molecule has 6 nitrogen and oxygen atoms in total. The number of rotatable bonds is 5. The van der Waals surface area contributed by atoms with E-state index in [0.29, 0.717) is 16.6 Å². The maximum Gasteiger partial charge on any atom is 0.320 e. The van der Waals surface area contributed by atoms with Crippen molar-refractivity contribution in [3.05, 3.63) is 100 Å². The Kier molecular flexibility index (Phi) is 6.00. The number of amides is 2. The van der Waals surface area contributed by atoms with Crippen molar-refractivity contribution in [2.75, 3.05) is 5.32 Å². The van der Waals surface area contributed by atoms with Gasteiger partial charge >= 0.3 is 6.03 Å². The van der Waals surface area contributed by atoms with Crippen LogP contribution in [0.3, 0.4) is 0 Å². The van der Waals surface area contributed by atoms with Gasteiger partial charge in [-0.3, -0.25) is 0 Å². The number of hydrogen-bond acceptors (Lipinski definition) is 4. The molecule has 0 bridgehead atoms. The summed E-state index contributed by atoms with van der Waals surface area (Å²) in [4.78, 5) is 12.8. The second kappa shape index (κ2) is 9.02. The number of urea groups is 1. The highest BCUT2D eigenvalue weighted by molar-refractivity contribution is 6.30. The molecule has 4 aromatic rings. The Morgan fingerprint density at radius 1 is 0.935 bits per heavy atom. The molecule has 1 unspecified atom stereocenters. The first kappa shape index (κ1) is 20.6. The number of benzene rings is 3. The minimum absolute atomic E-state index is 0.275. The van der Waals surface area contributed by atoms with Crippen LogP contribution in [-0.4, -0.2) is 16.2 Å². The minimum Gasteiger partial charge on any atom is -0.418 e. The highest BCUT2D eigenvalue weighted by atomic mass is 35.5. The second-order valence-electron chi connectivity index (χ2n) is 7.27. The van der Waals surface area contributed by atoms with Crippen LogP contribution in [0.1, 0.15) is 28.6 Å². The van der Waals surface area contributed by atoms with Gasteiger partial charge in [0.15, 0.2) is 0 Å². The molecule has 1 aromatic heterocycles. The molecule has 0 fully saturated rings. The third kappa shape index (κ3) is 5.10. The first-order valence-electron chi connectivity index (χ1n) is 9.78. The van der Waals surface area contributed by atoms with Crippen molar-refractivity contribution in [1.82, 2.24) is 15.5 Å². The molecule has 0 radical (unpaired) electrons. The summed E-state index contributed by atoms with van der Waals surface area (Å²) in [5.74, 6) is 0.655. The van der Waals surface area contributed by atoms with E-state index in [1.807, 2.05) is 74.5 Å². The Morgan fingerprint density at radius 3 is 2.29 bits per heavy atom. The van der Waals surface area contributed by atoms with Crippen LogP contribution < -0.4 is 10.6 Å².